The molecule has 0 radical (unpaired) electrons. The third kappa shape index (κ3) is 2.52. The fraction of sp³-hybridized carbons (Fsp3) is 0.533. The summed E-state index contributed by atoms with van der Waals surface area (Å²) < 4.78 is 1.80. The van der Waals surface area contributed by atoms with Gasteiger partial charge in [0, 0.05) is 30.3 Å². The van der Waals surface area contributed by atoms with Crippen LogP contribution in [0.5, 0.6) is 0 Å². The maximum atomic E-state index is 12.2. The number of carbonyl (C=O) groups is 1. The van der Waals surface area contributed by atoms with Crippen molar-refractivity contribution in [3.8, 4) is 11.3 Å². The van der Waals surface area contributed by atoms with E-state index in [-0.39, 0.29) is 17.9 Å². The van der Waals surface area contributed by atoms with Crippen LogP contribution in [0.25, 0.3) is 11.3 Å². The Morgan fingerprint density at radius 3 is 2.77 bits per heavy atom. The summed E-state index contributed by atoms with van der Waals surface area (Å²) in [5, 5.41) is 23.5. The molecule has 22 heavy (non-hydrogen) atoms. The van der Waals surface area contributed by atoms with Gasteiger partial charge in [0.1, 0.15) is 5.69 Å². The Hall–Kier alpha value is -2.15. The van der Waals surface area contributed by atoms with Crippen LogP contribution in [0.4, 0.5) is 0 Å². The lowest BCUT2D eigenvalue weighted by Gasteiger charge is -2.11. The Balaban J connectivity index is 1.74. The summed E-state index contributed by atoms with van der Waals surface area (Å²) in [5.41, 5.74) is 3.88. The third-order valence-electron chi connectivity index (χ3n) is 4.50. The first kappa shape index (κ1) is 14.8. The van der Waals surface area contributed by atoms with E-state index in [0.29, 0.717) is 12.2 Å². The highest BCUT2D eigenvalue weighted by atomic mass is 16.3. The average molecular weight is 303 g/mol. The molecule has 1 saturated carbocycles. The first-order valence-corrected chi connectivity index (χ1v) is 7.41. The Morgan fingerprint density at radius 2 is 2.23 bits per heavy atom. The van der Waals surface area contributed by atoms with Crippen LogP contribution in [-0.2, 0) is 7.05 Å². The molecular formula is C15H21N5O2. The highest BCUT2D eigenvalue weighted by Crippen LogP contribution is 2.44. The van der Waals surface area contributed by atoms with Crippen LogP contribution >= 0.6 is 0 Å². The molecule has 0 atom stereocenters. The second-order valence-electron chi connectivity index (χ2n) is 6.18. The van der Waals surface area contributed by atoms with Gasteiger partial charge in [-0.25, -0.2) is 0 Å². The number of carbonyl (C=O) groups excluding carboxylic acids is 1. The molecule has 2 aromatic heterocycles. The topological polar surface area (TPSA) is 95.8 Å². The van der Waals surface area contributed by atoms with Gasteiger partial charge in [0.25, 0.3) is 5.91 Å². The van der Waals surface area contributed by atoms with E-state index >= 15 is 0 Å². The zero-order valence-electron chi connectivity index (χ0n) is 13.1. The van der Waals surface area contributed by atoms with E-state index in [4.69, 9.17) is 0 Å². The van der Waals surface area contributed by atoms with E-state index in [0.717, 1.165) is 35.5 Å². The molecule has 118 valence electrons. The monoisotopic (exact) mass is 303 g/mol. The maximum Gasteiger partial charge on any atom is 0.269 e. The van der Waals surface area contributed by atoms with Crippen molar-refractivity contribution in [1.29, 1.82) is 0 Å². The summed E-state index contributed by atoms with van der Waals surface area (Å²) in [4.78, 5) is 12.2. The Labute approximate surface area is 128 Å². The number of nitrogens with one attached hydrogen (secondary N) is 2. The van der Waals surface area contributed by atoms with Crippen molar-refractivity contribution in [2.75, 3.05) is 13.2 Å². The number of hydrogen-bond acceptors (Lipinski definition) is 4. The van der Waals surface area contributed by atoms with Gasteiger partial charge in [0.2, 0.25) is 0 Å². The maximum absolute atomic E-state index is 12.2. The highest BCUT2D eigenvalue weighted by Gasteiger charge is 2.42. The van der Waals surface area contributed by atoms with E-state index in [1.807, 2.05) is 20.9 Å². The molecule has 1 amide bonds. The summed E-state index contributed by atoms with van der Waals surface area (Å²) in [7, 11) is 1.89. The molecule has 1 aliphatic carbocycles. The largest absolute Gasteiger partial charge is 0.396 e. The van der Waals surface area contributed by atoms with E-state index in [9.17, 15) is 9.90 Å². The van der Waals surface area contributed by atoms with Crippen LogP contribution in [0.15, 0.2) is 6.07 Å². The van der Waals surface area contributed by atoms with Crippen LogP contribution in [0, 0.1) is 19.3 Å². The number of aliphatic hydroxyl groups excluding tert-OH is 1. The number of rotatable bonds is 5. The van der Waals surface area contributed by atoms with Crippen molar-refractivity contribution in [1.82, 2.24) is 25.3 Å². The molecule has 7 heteroatoms. The number of aromatic amines is 1. The molecule has 0 bridgehead atoms. The fourth-order valence-electron chi connectivity index (χ4n) is 2.64. The molecule has 3 rings (SSSR count). The predicted molar refractivity (Wildman–Crippen MR) is 81.3 cm³/mol. The lowest BCUT2D eigenvalue weighted by Crippen LogP contribution is -2.32. The summed E-state index contributed by atoms with van der Waals surface area (Å²) in [6, 6.07) is 1.74. The van der Waals surface area contributed by atoms with E-state index in [1.54, 1.807) is 10.7 Å². The van der Waals surface area contributed by atoms with Gasteiger partial charge in [-0.05, 0) is 32.8 Å². The minimum absolute atomic E-state index is 0.102. The average Bonchev–Trinajstić information content (AvgIpc) is 3.04. The SMILES string of the molecule is Cc1nn(C)c(C)c1-c1cc(C(=O)NCC2(CO)CC2)[nH]n1. The number of hydrogen-bond donors (Lipinski definition) is 3. The zero-order chi connectivity index (χ0) is 15.9. The minimum Gasteiger partial charge on any atom is -0.396 e. The zero-order valence-corrected chi connectivity index (χ0v) is 13.1. The second kappa shape index (κ2) is 5.24. The number of aliphatic hydroxyl groups is 1. The fourth-order valence-corrected chi connectivity index (χ4v) is 2.64. The van der Waals surface area contributed by atoms with Gasteiger partial charge in [-0.1, -0.05) is 0 Å². The standard InChI is InChI=1S/C15H21N5O2/c1-9-13(10(2)20(3)19-9)11-6-12(18-17-11)14(22)16-7-15(8-21)4-5-15/h6,21H,4-5,7-8H2,1-3H3,(H,16,22)(H,17,18). The molecule has 0 aliphatic heterocycles. The molecule has 0 saturated heterocycles. The minimum atomic E-state index is -0.197. The quantitative estimate of drug-likeness (QED) is 0.765. The lowest BCUT2D eigenvalue weighted by molar-refractivity contribution is 0.0930. The normalized spacial score (nSPS) is 15.8. The Morgan fingerprint density at radius 1 is 1.50 bits per heavy atom. The molecule has 7 nitrogen and oxygen atoms in total. The smallest absolute Gasteiger partial charge is 0.269 e. The van der Waals surface area contributed by atoms with Gasteiger partial charge in [-0.3, -0.25) is 14.6 Å². The van der Waals surface area contributed by atoms with Crippen molar-refractivity contribution >= 4 is 5.91 Å². The van der Waals surface area contributed by atoms with Gasteiger partial charge in [0.05, 0.1) is 18.0 Å². The summed E-state index contributed by atoms with van der Waals surface area (Å²) in [6.07, 6.45) is 1.93. The number of amides is 1. The molecule has 2 heterocycles. The van der Waals surface area contributed by atoms with Gasteiger partial charge >= 0.3 is 0 Å². The van der Waals surface area contributed by atoms with Crippen molar-refractivity contribution in [3.05, 3.63) is 23.1 Å². The van der Waals surface area contributed by atoms with Gasteiger partial charge in [-0.2, -0.15) is 10.2 Å². The molecule has 1 fully saturated rings. The van der Waals surface area contributed by atoms with E-state index < -0.39 is 0 Å². The highest BCUT2D eigenvalue weighted by molar-refractivity contribution is 5.93. The van der Waals surface area contributed by atoms with E-state index in [1.165, 1.54) is 0 Å². The number of aryl methyl sites for hydroxylation is 2. The number of nitrogens with zero attached hydrogens (tertiary/aromatic N) is 3. The number of H-pyrrole nitrogens is 1. The van der Waals surface area contributed by atoms with Crippen LogP contribution in [0.3, 0.4) is 0 Å². The first-order chi connectivity index (χ1) is 10.5. The van der Waals surface area contributed by atoms with Crippen LogP contribution in [-0.4, -0.2) is 44.1 Å². The van der Waals surface area contributed by atoms with Crippen molar-refractivity contribution in [2.24, 2.45) is 12.5 Å². The molecular weight excluding hydrogens is 282 g/mol. The molecule has 0 unspecified atom stereocenters. The second-order valence-corrected chi connectivity index (χ2v) is 6.18. The van der Waals surface area contributed by atoms with Crippen LogP contribution in [0.2, 0.25) is 0 Å². The molecule has 3 N–H and O–H groups in total. The summed E-state index contributed by atoms with van der Waals surface area (Å²) in [5.74, 6) is -0.197. The lowest BCUT2D eigenvalue weighted by atomic mass is 10.1. The van der Waals surface area contributed by atoms with Crippen molar-refractivity contribution in [3.63, 3.8) is 0 Å². The van der Waals surface area contributed by atoms with Crippen LogP contribution < -0.4 is 5.32 Å². The van der Waals surface area contributed by atoms with Gasteiger partial charge in [-0.15, -0.1) is 0 Å². The first-order valence-electron chi connectivity index (χ1n) is 7.41. The molecule has 0 spiro atoms. The van der Waals surface area contributed by atoms with E-state index in [2.05, 4.69) is 20.6 Å². The predicted octanol–water partition coefficient (Wildman–Crippen LogP) is 0.929. The third-order valence-corrected chi connectivity index (χ3v) is 4.50. The van der Waals surface area contributed by atoms with Crippen LogP contribution in [0.1, 0.15) is 34.7 Å². The molecule has 0 aromatic carbocycles. The van der Waals surface area contributed by atoms with Gasteiger partial charge in [0.15, 0.2) is 0 Å². The van der Waals surface area contributed by atoms with Gasteiger partial charge < -0.3 is 10.4 Å². The Bertz CT molecular complexity index is 712. The molecule has 1 aliphatic rings. The Kier molecular flexibility index (Phi) is 3.52. The molecule has 2 aromatic rings. The van der Waals surface area contributed by atoms with Crippen molar-refractivity contribution in [2.45, 2.75) is 26.7 Å². The van der Waals surface area contributed by atoms with Crippen molar-refractivity contribution < 1.29 is 9.90 Å². The summed E-state index contributed by atoms with van der Waals surface area (Å²) in [6.45, 7) is 4.52. The summed E-state index contributed by atoms with van der Waals surface area (Å²) >= 11 is 0. The number of aromatic nitrogens is 4.